The summed E-state index contributed by atoms with van der Waals surface area (Å²) in [6.07, 6.45) is 3.54. The van der Waals surface area contributed by atoms with Gasteiger partial charge < -0.3 is 30.3 Å². The molecule has 6 rings (SSSR count). The predicted octanol–water partition coefficient (Wildman–Crippen LogP) is 5.60. The molecule has 1 saturated heterocycles. The van der Waals surface area contributed by atoms with Gasteiger partial charge in [0, 0.05) is 18.2 Å². The number of benzene rings is 3. The number of fused-ring (bicyclic) bond motifs is 4. The summed E-state index contributed by atoms with van der Waals surface area (Å²) in [6.45, 7) is 7.25. The lowest BCUT2D eigenvalue weighted by molar-refractivity contribution is -0.153. The highest BCUT2D eigenvalue weighted by Gasteiger charge is 2.39. The lowest BCUT2D eigenvalue weighted by atomic mass is 9.87. The van der Waals surface area contributed by atoms with Crippen molar-refractivity contribution in [2.75, 3.05) is 31.3 Å². The number of alkyl carbamates (subject to hydrolysis) is 1. The summed E-state index contributed by atoms with van der Waals surface area (Å²) in [5, 5.41) is 11.8. The zero-order valence-electron chi connectivity index (χ0n) is 33.3. The summed E-state index contributed by atoms with van der Waals surface area (Å²) >= 11 is 1.50. The van der Waals surface area contributed by atoms with E-state index < -0.39 is 41.7 Å². The quantitative estimate of drug-likeness (QED) is 0.114. The molecule has 1 heterocycles. The number of hydrogen-bond acceptors (Lipinski definition) is 9. The fourth-order valence-electron chi connectivity index (χ4n) is 7.82. The summed E-state index contributed by atoms with van der Waals surface area (Å²) in [6, 6.07) is 21.9. The van der Waals surface area contributed by atoms with Crippen molar-refractivity contribution >= 4 is 41.5 Å². The number of carbonyl (C=O) groups excluding carboxylic acids is 5. The van der Waals surface area contributed by atoms with Gasteiger partial charge in [0.1, 0.15) is 24.3 Å². The molecule has 0 spiro atoms. The molecule has 4 N–H and O–H groups in total. The molecule has 1 aliphatic heterocycles. The van der Waals surface area contributed by atoms with Crippen molar-refractivity contribution in [3.05, 3.63) is 95.1 Å². The molecule has 4 amide bonds. The Labute approximate surface area is 339 Å². The van der Waals surface area contributed by atoms with Crippen LogP contribution in [0.2, 0.25) is 0 Å². The number of thioether (sulfide) groups is 1. The van der Waals surface area contributed by atoms with Crippen molar-refractivity contribution in [3.63, 3.8) is 0 Å². The molecule has 0 bridgehead atoms. The van der Waals surface area contributed by atoms with E-state index in [1.54, 1.807) is 32.6 Å². The van der Waals surface area contributed by atoms with Gasteiger partial charge >= 0.3 is 12.1 Å². The fourth-order valence-corrected chi connectivity index (χ4v) is 8.99. The van der Waals surface area contributed by atoms with Gasteiger partial charge in [0.05, 0.1) is 24.5 Å². The molecule has 0 saturated carbocycles. The first-order valence-electron chi connectivity index (χ1n) is 20.0. The van der Waals surface area contributed by atoms with Crippen molar-refractivity contribution in [2.24, 2.45) is 0 Å². The molecule has 3 aliphatic rings. The summed E-state index contributed by atoms with van der Waals surface area (Å²) < 4.78 is 11.0. The van der Waals surface area contributed by atoms with Crippen molar-refractivity contribution in [3.8, 4) is 11.1 Å². The van der Waals surface area contributed by atoms with Crippen LogP contribution in [0.3, 0.4) is 0 Å². The minimum atomic E-state index is -0.929. The third-order valence-corrected chi connectivity index (χ3v) is 11.7. The number of nitrogens with zero attached hydrogens (tertiary/aromatic N) is 1. The van der Waals surface area contributed by atoms with Crippen LogP contribution in [0.15, 0.2) is 72.8 Å². The maximum Gasteiger partial charge on any atom is 0.407 e. The fraction of sp³-hybridized carbons (Fsp3) is 0.477. The predicted molar refractivity (Wildman–Crippen MR) is 220 cm³/mol. The minimum Gasteiger partial charge on any atom is -0.459 e. The number of unbranched alkanes of at least 4 members (excludes halogenated alkanes) is 1. The molecule has 3 aromatic rings. The van der Waals surface area contributed by atoms with Crippen LogP contribution in [0, 0.1) is 0 Å². The Balaban J connectivity index is 1.04. The second kappa shape index (κ2) is 19.0. The minimum absolute atomic E-state index is 0.0484. The van der Waals surface area contributed by atoms with Crippen LogP contribution in [-0.2, 0) is 35.1 Å². The highest BCUT2D eigenvalue weighted by atomic mass is 32.2. The van der Waals surface area contributed by atoms with Crippen LogP contribution in [0.25, 0.3) is 11.1 Å². The molecule has 12 nitrogen and oxygen atoms in total. The molecule has 4 atom stereocenters. The number of amides is 4. The number of rotatable bonds is 15. The third kappa shape index (κ3) is 10.7. The number of esters is 1. The molecule has 0 aromatic heterocycles. The van der Waals surface area contributed by atoms with Crippen LogP contribution in [0.1, 0.15) is 94.0 Å². The monoisotopic (exact) mass is 797 g/mol. The molecule has 4 unspecified atom stereocenters. The molecule has 2 aliphatic carbocycles. The molecular formula is C44H55N5O7S. The van der Waals surface area contributed by atoms with Crippen molar-refractivity contribution in [1.82, 2.24) is 26.2 Å². The Hall–Kier alpha value is -4.88. The Bertz CT molecular complexity index is 1890. The number of aryl methyl sites for hydroxylation is 1. The molecule has 304 valence electrons. The largest absolute Gasteiger partial charge is 0.459 e. The van der Waals surface area contributed by atoms with Gasteiger partial charge in [-0.3, -0.25) is 24.5 Å². The van der Waals surface area contributed by atoms with Gasteiger partial charge in [-0.1, -0.05) is 72.8 Å². The maximum atomic E-state index is 14.2. The average Bonchev–Trinajstić information content (AvgIpc) is 3.81. The molecule has 3 aromatic carbocycles. The zero-order chi connectivity index (χ0) is 40.5. The van der Waals surface area contributed by atoms with Crippen LogP contribution in [0.5, 0.6) is 0 Å². The van der Waals surface area contributed by atoms with Gasteiger partial charge in [0.15, 0.2) is 0 Å². The van der Waals surface area contributed by atoms with Gasteiger partial charge in [0.2, 0.25) is 17.7 Å². The summed E-state index contributed by atoms with van der Waals surface area (Å²) in [7, 11) is 0. The highest BCUT2D eigenvalue weighted by molar-refractivity contribution is 7.99. The van der Waals surface area contributed by atoms with E-state index in [1.807, 2.05) is 36.4 Å². The smallest absolute Gasteiger partial charge is 0.407 e. The number of ether oxygens (including phenoxy) is 2. The van der Waals surface area contributed by atoms with Crippen LogP contribution < -0.4 is 21.3 Å². The Kier molecular flexibility index (Phi) is 13.9. The Morgan fingerprint density at radius 1 is 0.895 bits per heavy atom. The number of hydrogen-bond donors (Lipinski definition) is 4. The van der Waals surface area contributed by atoms with Crippen molar-refractivity contribution in [2.45, 2.75) is 102 Å². The van der Waals surface area contributed by atoms with E-state index in [0.29, 0.717) is 31.0 Å². The molecule has 13 heteroatoms. The molecule has 1 fully saturated rings. The zero-order valence-corrected chi connectivity index (χ0v) is 34.1. The van der Waals surface area contributed by atoms with E-state index in [4.69, 9.17) is 9.47 Å². The first-order valence-corrected chi connectivity index (χ1v) is 21.2. The first kappa shape index (κ1) is 41.7. The number of carbonyl (C=O) groups is 5. The second-order valence-electron chi connectivity index (χ2n) is 16.0. The van der Waals surface area contributed by atoms with Gasteiger partial charge in [-0.2, -0.15) is 0 Å². The summed E-state index contributed by atoms with van der Waals surface area (Å²) in [4.78, 5) is 68.1. The summed E-state index contributed by atoms with van der Waals surface area (Å²) in [5.41, 5.74) is 6.25. The molecule has 57 heavy (non-hydrogen) atoms. The lowest BCUT2D eigenvalue weighted by Crippen LogP contribution is -2.56. The van der Waals surface area contributed by atoms with E-state index in [2.05, 4.69) is 57.7 Å². The van der Waals surface area contributed by atoms with E-state index in [9.17, 15) is 24.0 Å². The van der Waals surface area contributed by atoms with Crippen molar-refractivity contribution < 1.29 is 33.4 Å². The lowest BCUT2D eigenvalue weighted by Gasteiger charge is -2.31. The standard InChI is InChI=1S/C44H55N5O7S/c1-28(46-24-39(50)56-44(2,3)4)40(51)48-37(42(53)49-27-57-26-38(49)41(52)47-36-22-13-15-29-14-5-6-16-30(29)36)21-11-12-23-45-43(54)55-25-35-33-19-9-7-17-31(33)32-18-8-10-20-34(32)35/h5-10,14,16-20,28,35-38,46H,11-13,15,21-27H2,1-4H3,(H,45,54)(H,47,52)(H,48,51). The van der Waals surface area contributed by atoms with Crippen molar-refractivity contribution in [1.29, 1.82) is 0 Å². The van der Waals surface area contributed by atoms with E-state index in [-0.39, 0.29) is 43.3 Å². The molecule has 0 radical (unpaired) electrons. The number of nitrogens with one attached hydrogen (secondary N) is 4. The Morgan fingerprint density at radius 2 is 1.56 bits per heavy atom. The van der Waals surface area contributed by atoms with E-state index in [1.165, 1.54) is 17.3 Å². The Morgan fingerprint density at radius 3 is 2.26 bits per heavy atom. The first-order chi connectivity index (χ1) is 27.4. The normalized spacial score (nSPS) is 18.4. The van der Waals surface area contributed by atoms with Gasteiger partial charge in [-0.15, -0.1) is 11.8 Å². The average molecular weight is 798 g/mol. The van der Waals surface area contributed by atoms with Gasteiger partial charge in [-0.05, 0) is 99.6 Å². The topological polar surface area (TPSA) is 155 Å². The van der Waals surface area contributed by atoms with Crippen LogP contribution in [-0.4, -0.2) is 89.7 Å². The van der Waals surface area contributed by atoms with Gasteiger partial charge in [0.25, 0.3) is 0 Å². The van der Waals surface area contributed by atoms with Gasteiger partial charge in [-0.25, -0.2) is 4.79 Å². The highest BCUT2D eigenvalue weighted by Crippen LogP contribution is 2.44. The van der Waals surface area contributed by atoms with Crippen LogP contribution >= 0.6 is 11.8 Å². The summed E-state index contributed by atoms with van der Waals surface area (Å²) in [5.74, 6) is -0.790. The molecular weight excluding hydrogens is 743 g/mol. The third-order valence-electron chi connectivity index (χ3n) is 10.7. The second-order valence-corrected chi connectivity index (χ2v) is 17.0. The van der Waals surface area contributed by atoms with E-state index in [0.717, 1.165) is 47.1 Å². The SMILES string of the molecule is CC(NCC(=O)OC(C)(C)C)C(=O)NC(CCCCNC(=O)OCC1c2ccccc2-c2ccccc21)C(=O)N1CSCC1C(=O)NC1CCCc2ccccc21. The maximum absolute atomic E-state index is 14.2. The van der Waals surface area contributed by atoms with Crippen LogP contribution in [0.4, 0.5) is 4.79 Å². The van der Waals surface area contributed by atoms with E-state index >= 15 is 0 Å².